The Hall–Kier alpha value is -2.41. The van der Waals surface area contributed by atoms with Crippen molar-refractivity contribution < 1.29 is 27.5 Å². The van der Waals surface area contributed by atoms with E-state index in [1.54, 1.807) is 29.2 Å². The highest BCUT2D eigenvalue weighted by Crippen LogP contribution is 2.26. The molecule has 1 aromatic carbocycles. The molecule has 1 aliphatic rings. The first-order chi connectivity index (χ1) is 11.1. The van der Waals surface area contributed by atoms with Crippen molar-refractivity contribution in [1.82, 2.24) is 4.90 Å². The third kappa shape index (κ3) is 3.50. The summed E-state index contributed by atoms with van der Waals surface area (Å²) < 4.78 is 40.3. The van der Waals surface area contributed by atoms with E-state index in [1.807, 2.05) is 0 Å². The van der Waals surface area contributed by atoms with Gasteiger partial charge in [-0.3, -0.25) is 4.79 Å². The molecule has 1 atom stereocenters. The van der Waals surface area contributed by atoms with E-state index in [4.69, 9.17) is 9.15 Å². The van der Waals surface area contributed by atoms with Gasteiger partial charge in [0, 0.05) is 6.54 Å². The minimum atomic E-state index is -2.98. The van der Waals surface area contributed by atoms with Gasteiger partial charge in [-0.05, 0) is 24.3 Å². The van der Waals surface area contributed by atoms with Crippen molar-refractivity contribution in [3.05, 3.63) is 54.0 Å². The number of amides is 1. The summed E-state index contributed by atoms with van der Waals surface area (Å²) in [5.74, 6) is 0.120. The molecule has 1 saturated heterocycles. The van der Waals surface area contributed by atoms with Crippen molar-refractivity contribution in [2.75, 3.05) is 19.7 Å². The zero-order chi connectivity index (χ0) is 16.2. The lowest BCUT2D eigenvalue weighted by molar-refractivity contribution is -0.0510. The number of benzene rings is 1. The highest BCUT2D eigenvalue weighted by atomic mass is 19.3. The quantitative estimate of drug-likeness (QED) is 0.867. The number of alkyl halides is 2. The van der Waals surface area contributed by atoms with Gasteiger partial charge in [0.2, 0.25) is 0 Å². The third-order valence-electron chi connectivity index (χ3n) is 3.55. The zero-order valence-electron chi connectivity index (χ0n) is 12.2. The van der Waals surface area contributed by atoms with E-state index in [2.05, 4.69) is 4.74 Å². The first-order valence-electron chi connectivity index (χ1n) is 7.13. The Morgan fingerprint density at radius 2 is 2.09 bits per heavy atom. The Bertz CT molecular complexity index is 660. The molecule has 0 aliphatic carbocycles. The van der Waals surface area contributed by atoms with Crippen LogP contribution in [0.5, 0.6) is 5.75 Å². The fourth-order valence-corrected chi connectivity index (χ4v) is 2.49. The second kappa shape index (κ2) is 6.78. The van der Waals surface area contributed by atoms with Crippen LogP contribution in [-0.4, -0.2) is 37.1 Å². The van der Waals surface area contributed by atoms with Crippen LogP contribution in [0.3, 0.4) is 0 Å². The highest BCUT2D eigenvalue weighted by Gasteiger charge is 2.29. The second-order valence-electron chi connectivity index (χ2n) is 5.00. The molecular formula is C16H15F2NO4. The molecule has 0 unspecified atom stereocenters. The fraction of sp³-hybridized carbons (Fsp3) is 0.312. The van der Waals surface area contributed by atoms with E-state index >= 15 is 0 Å². The van der Waals surface area contributed by atoms with Crippen LogP contribution in [0.1, 0.15) is 22.2 Å². The number of furan rings is 1. The number of morpholine rings is 1. The predicted molar refractivity (Wildman–Crippen MR) is 76.4 cm³/mol. The van der Waals surface area contributed by atoms with Gasteiger partial charge >= 0.3 is 6.61 Å². The van der Waals surface area contributed by atoms with Crippen molar-refractivity contribution in [3.8, 4) is 5.75 Å². The van der Waals surface area contributed by atoms with Crippen molar-refractivity contribution in [2.45, 2.75) is 12.7 Å². The number of ether oxygens (including phenoxy) is 2. The van der Waals surface area contributed by atoms with Gasteiger partial charge in [-0.2, -0.15) is 8.78 Å². The largest absolute Gasteiger partial charge is 0.467 e. The van der Waals surface area contributed by atoms with Crippen molar-refractivity contribution >= 4 is 5.91 Å². The fourth-order valence-electron chi connectivity index (χ4n) is 2.49. The molecule has 1 aromatic heterocycles. The van der Waals surface area contributed by atoms with Crippen LogP contribution < -0.4 is 4.74 Å². The molecule has 23 heavy (non-hydrogen) atoms. The minimum absolute atomic E-state index is 0.105. The number of hydrogen-bond donors (Lipinski definition) is 0. The Morgan fingerprint density at radius 1 is 1.26 bits per heavy atom. The Balaban J connectivity index is 1.77. The molecule has 0 saturated carbocycles. The van der Waals surface area contributed by atoms with Crippen LogP contribution in [0, 0.1) is 0 Å². The van der Waals surface area contributed by atoms with Gasteiger partial charge < -0.3 is 18.8 Å². The molecule has 3 rings (SSSR count). The Kier molecular flexibility index (Phi) is 4.57. The number of carbonyl (C=O) groups is 1. The Labute approximate surface area is 131 Å². The molecule has 0 spiro atoms. The van der Waals surface area contributed by atoms with E-state index < -0.39 is 6.61 Å². The van der Waals surface area contributed by atoms with Gasteiger partial charge in [0.1, 0.15) is 17.6 Å². The molecule has 1 fully saturated rings. The number of nitrogens with zero attached hydrogens (tertiary/aromatic N) is 1. The second-order valence-corrected chi connectivity index (χ2v) is 5.00. The lowest BCUT2D eigenvalue weighted by Crippen LogP contribution is -2.42. The van der Waals surface area contributed by atoms with Crippen LogP contribution in [0.4, 0.5) is 8.78 Å². The monoisotopic (exact) mass is 323 g/mol. The van der Waals surface area contributed by atoms with Crippen LogP contribution in [-0.2, 0) is 4.74 Å². The third-order valence-corrected chi connectivity index (χ3v) is 3.55. The molecule has 7 heteroatoms. The van der Waals surface area contributed by atoms with Gasteiger partial charge in [0.15, 0.2) is 0 Å². The smallest absolute Gasteiger partial charge is 0.387 e. The minimum Gasteiger partial charge on any atom is -0.467 e. The maximum atomic E-state index is 12.6. The molecule has 2 heterocycles. The van der Waals surface area contributed by atoms with E-state index in [1.165, 1.54) is 18.4 Å². The topological polar surface area (TPSA) is 51.9 Å². The number of carbonyl (C=O) groups excluding carboxylic acids is 1. The average molecular weight is 323 g/mol. The number of para-hydroxylation sites is 1. The van der Waals surface area contributed by atoms with Gasteiger partial charge in [-0.15, -0.1) is 0 Å². The van der Waals surface area contributed by atoms with Crippen LogP contribution in [0.15, 0.2) is 47.1 Å². The number of halogens is 2. The van der Waals surface area contributed by atoms with Crippen LogP contribution in [0.2, 0.25) is 0 Å². The molecule has 5 nitrogen and oxygen atoms in total. The van der Waals surface area contributed by atoms with E-state index in [0.29, 0.717) is 18.9 Å². The van der Waals surface area contributed by atoms with E-state index in [9.17, 15) is 13.6 Å². The summed E-state index contributed by atoms with van der Waals surface area (Å²) in [6.07, 6.45) is 1.16. The molecular weight excluding hydrogens is 308 g/mol. The summed E-state index contributed by atoms with van der Waals surface area (Å²) in [7, 11) is 0. The Morgan fingerprint density at radius 3 is 2.83 bits per heavy atom. The van der Waals surface area contributed by atoms with Crippen molar-refractivity contribution in [1.29, 1.82) is 0 Å². The number of hydrogen-bond acceptors (Lipinski definition) is 4. The molecule has 2 aromatic rings. The molecule has 0 N–H and O–H groups in total. The zero-order valence-corrected chi connectivity index (χ0v) is 12.2. The summed E-state index contributed by atoms with van der Waals surface area (Å²) >= 11 is 0. The summed E-state index contributed by atoms with van der Waals surface area (Å²) in [4.78, 5) is 14.2. The normalized spacial score (nSPS) is 18.2. The highest BCUT2D eigenvalue weighted by molar-refractivity contribution is 5.97. The summed E-state index contributed by atoms with van der Waals surface area (Å²) in [6.45, 7) is -1.98. The molecule has 0 bridgehead atoms. The van der Waals surface area contributed by atoms with Gasteiger partial charge in [-0.1, -0.05) is 12.1 Å². The van der Waals surface area contributed by atoms with Gasteiger partial charge in [-0.25, -0.2) is 0 Å². The molecule has 1 aliphatic heterocycles. The van der Waals surface area contributed by atoms with Crippen LogP contribution >= 0.6 is 0 Å². The molecule has 0 radical (unpaired) electrons. The molecule has 1 amide bonds. The lowest BCUT2D eigenvalue weighted by atomic mass is 10.1. The number of rotatable bonds is 4. The van der Waals surface area contributed by atoms with E-state index in [-0.39, 0.29) is 29.9 Å². The summed E-state index contributed by atoms with van der Waals surface area (Å²) in [6, 6.07) is 9.48. The van der Waals surface area contributed by atoms with Crippen molar-refractivity contribution in [2.24, 2.45) is 0 Å². The summed E-state index contributed by atoms with van der Waals surface area (Å²) in [5, 5.41) is 0. The van der Waals surface area contributed by atoms with Crippen molar-refractivity contribution in [3.63, 3.8) is 0 Å². The predicted octanol–water partition coefficient (Wildman–Crippen LogP) is 3.09. The lowest BCUT2D eigenvalue weighted by Gasteiger charge is -2.32. The standard InChI is InChI=1S/C16H15F2NO4/c17-16(18)23-12-5-2-1-4-11(12)15(20)19-7-9-22-14(10-19)13-6-3-8-21-13/h1-6,8,14,16H,7,9-10H2/t14-/m1/s1. The van der Waals surface area contributed by atoms with E-state index in [0.717, 1.165) is 0 Å². The first kappa shape index (κ1) is 15.5. The van der Waals surface area contributed by atoms with Gasteiger partial charge in [0.25, 0.3) is 5.91 Å². The van der Waals surface area contributed by atoms with Crippen LogP contribution in [0.25, 0.3) is 0 Å². The maximum absolute atomic E-state index is 12.6. The molecule has 122 valence electrons. The van der Waals surface area contributed by atoms with Gasteiger partial charge in [0.05, 0.1) is 25.0 Å². The first-order valence-corrected chi connectivity index (χ1v) is 7.13. The summed E-state index contributed by atoms with van der Waals surface area (Å²) in [5.41, 5.74) is 0.105. The maximum Gasteiger partial charge on any atom is 0.387 e. The average Bonchev–Trinajstić information content (AvgIpc) is 3.09. The SMILES string of the molecule is O=C(c1ccccc1OC(F)F)N1CCO[C@@H](c2ccco2)C1.